The summed E-state index contributed by atoms with van der Waals surface area (Å²) in [6.45, 7) is -3.19. The number of hydrogen-bond donors (Lipinski definition) is 1. The van der Waals surface area contributed by atoms with Gasteiger partial charge in [-0.1, -0.05) is 0 Å². The summed E-state index contributed by atoms with van der Waals surface area (Å²) in [5, 5.41) is 6.80. The van der Waals surface area contributed by atoms with E-state index in [4.69, 9.17) is 0 Å². The number of hydrogen-bond acceptors (Lipinski definition) is 5. The van der Waals surface area contributed by atoms with Crippen molar-refractivity contribution in [2.75, 3.05) is 13.2 Å². The smallest absolute Gasteiger partial charge is 0.387 e. The van der Waals surface area contributed by atoms with Crippen LogP contribution in [0.15, 0.2) is 48.8 Å². The van der Waals surface area contributed by atoms with Crippen LogP contribution in [0.1, 0.15) is 10.5 Å². The molecule has 11 heteroatoms. The molecule has 1 saturated heterocycles. The van der Waals surface area contributed by atoms with Crippen LogP contribution in [0.5, 0.6) is 5.75 Å². The lowest BCUT2D eigenvalue weighted by Crippen LogP contribution is -2.30. The van der Waals surface area contributed by atoms with Gasteiger partial charge in [-0.15, -0.1) is 0 Å². The van der Waals surface area contributed by atoms with Gasteiger partial charge < -0.3 is 15.0 Å². The Morgan fingerprint density at radius 2 is 2.07 bits per heavy atom. The van der Waals surface area contributed by atoms with E-state index in [9.17, 15) is 22.8 Å². The monoisotopic (exact) mass is 417 g/mol. The molecule has 0 radical (unpaired) electrons. The summed E-state index contributed by atoms with van der Waals surface area (Å²) < 4.78 is 44.9. The lowest BCUT2D eigenvalue weighted by atomic mass is 10.1. The molecular formula is C19H14F3N5O3. The van der Waals surface area contributed by atoms with E-state index in [2.05, 4.69) is 20.1 Å². The fourth-order valence-corrected chi connectivity index (χ4v) is 3.02. The molecule has 30 heavy (non-hydrogen) atoms. The molecule has 8 nitrogen and oxygen atoms in total. The number of nitrogens with one attached hydrogen (secondary N) is 1. The first-order valence-corrected chi connectivity index (χ1v) is 8.73. The van der Waals surface area contributed by atoms with Crippen molar-refractivity contribution in [3.63, 3.8) is 0 Å². The molecule has 0 spiro atoms. The number of halogens is 3. The Bertz CT molecular complexity index is 1100. The lowest BCUT2D eigenvalue weighted by molar-refractivity contribution is -0.118. The molecule has 4 rings (SSSR count). The van der Waals surface area contributed by atoms with Crippen LogP contribution in [-0.4, -0.2) is 51.3 Å². The second-order valence-corrected chi connectivity index (χ2v) is 6.35. The summed E-state index contributed by atoms with van der Waals surface area (Å²) in [6, 6.07) is 7.84. The number of alkyl halides is 2. The first kappa shape index (κ1) is 19.4. The second kappa shape index (κ2) is 7.85. The van der Waals surface area contributed by atoms with Crippen LogP contribution in [0, 0.1) is 5.82 Å². The van der Waals surface area contributed by atoms with Gasteiger partial charge in [-0.3, -0.25) is 14.6 Å². The van der Waals surface area contributed by atoms with Crippen LogP contribution in [0.25, 0.3) is 16.9 Å². The summed E-state index contributed by atoms with van der Waals surface area (Å²) in [4.78, 5) is 29.4. The molecule has 1 aliphatic rings. The van der Waals surface area contributed by atoms with Gasteiger partial charge in [-0.25, -0.2) is 9.07 Å². The van der Waals surface area contributed by atoms with Crippen LogP contribution in [0.3, 0.4) is 0 Å². The van der Waals surface area contributed by atoms with E-state index >= 15 is 0 Å². The summed E-state index contributed by atoms with van der Waals surface area (Å²) in [6.07, 6.45) is 3.01. The minimum absolute atomic E-state index is 0.00839. The van der Waals surface area contributed by atoms with E-state index in [1.165, 1.54) is 34.1 Å². The molecule has 1 fully saturated rings. The predicted molar refractivity (Wildman–Crippen MR) is 97.4 cm³/mol. The molecule has 1 N–H and O–H groups in total. The van der Waals surface area contributed by atoms with Gasteiger partial charge in [-0.2, -0.15) is 13.9 Å². The second-order valence-electron chi connectivity index (χ2n) is 6.35. The van der Waals surface area contributed by atoms with Gasteiger partial charge in [0.1, 0.15) is 18.1 Å². The number of nitrogens with zero attached hydrogens (tertiary/aromatic N) is 4. The third kappa shape index (κ3) is 3.95. The van der Waals surface area contributed by atoms with E-state index in [1.807, 2.05) is 0 Å². The third-order valence-corrected chi connectivity index (χ3v) is 4.30. The molecule has 1 aliphatic heterocycles. The van der Waals surface area contributed by atoms with Gasteiger partial charge in [-0.05, 0) is 30.3 Å². The van der Waals surface area contributed by atoms with Crippen molar-refractivity contribution in [2.45, 2.75) is 6.61 Å². The molecule has 0 atom stereocenters. The van der Waals surface area contributed by atoms with Crippen molar-refractivity contribution in [1.29, 1.82) is 0 Å². The van der Waals surface area contributed by atoms with Crippen molar-refractivity contribution in [2.24, 2.45) is 0 Å². The van der Waals surface area contributed by atoms with Crippen LogP contribution in [0.2, 0.25) is 0 Å². The molecule has 0 aliphatic carbocycles. The van der Waals surface area contributed by atoms with Crippen molar-refractivity contribution in [3.8, 4) is 22.7 Å². The molecule has 154 valence electrons. The van der Waals surface area contributed by atoms with E-state index in [0.717, 1.165) is 12.1 Å². The van der Waals surface area contributed by atoms with Gasteiger partial charge in [0.15, 0.2) is 5.69 Å². The maximum absolute atomic E-state index is 14.1. The van der Waals surface area contributed by atoms with Gasteiger partial charge in [0, 0.05) is 17.8 Å². The maximum atomic E-state index is 14.1. The average Bonchev–Trinajstić information content (AvgIpc) is 3.34. The van der Waals surface area contributed by atoms with Crippen LogP contribution < -0.4 is 10.1 Å². The molecule has 0 saturated carbocycles. The topological polar surface area (TPSA) is 89.4 Å². The highest BCUT2D eigenvalue weighted by Crippen LogP contribution is 2.29. The summed E-state index contributed by atoms with van der Waals surface area (Å²) in [7, 11) is 0. The number of aromatic nitrogens is 3. The number of carbonyl (C=O) groups excluding carboxylic acids is 2. The Morgan fingerprint density at radius 1 is 1.23 bits per heavy atom. The van der Waals surface area contributed by atoms with Crippen molar-refractivity contribution >= 4 is 11.8 Å². The molecule has 2 amide bonds. The van der Waals surface area contributed by atoms with Crippen molar-refractivity contribution in [3.05, 3.63) is 60.3 Å². The van der Waals surface area contributed by atoms with E-state index in [-0.39, 0.29) is 41.8 Å². The SMILES string of the molecule is O=C1CN(C(=O)c2cc(-c3cc(F)cc(OC(F)F)c3)n(-c3cccnc3)n2)CN1. The molecular weight excluding hydrogens is 403 g/mol. The standard InChI is InChI=1S/C19H14F3N5O3/c20-12-4-11(5-14(6-12)30-19(21)22)16-7-15(18(29)26-9-17(28)24-10-26)25-27(16)13-2-1-3-23-8-13/h1-8,19H,9-10H2,(H,24,28). The minimum Gasteiger partial charge on any atom is -0.435 e. The fourth-order valence-electron chi connectivity index (χ4n) is 3.02. The van der Waals surface area contributed by atoms with Crippen molar-refractivity contribution < 1.29 is 27.5 Å². The molecule has 3 aromatic rings. The summed E-state index contributed by atoms with van der Waals surface area (Å²) in [5.41, 5.74) is 0.869. The maximum Gasteiger partial charge on any atom is 0.387 e. The minimum atomic E-state index is -3.12. The van der Waals surface area contributed by atoms with Crippen LogP contribution in [-0.2, 0) is 4.79 Å². The zero-order chi connectivity index (χ0) is 21.3. The number of rotatable bonds is 5. The molecule has 2 aromatic heterocycles. The molecule has 1 aromatic carbocycles. The highest BCUT2D eigenvalue weighted by Gasteiger charge is 2.27. The number of benzene rings is 1. The van der Waals surface area contributed by atoms with Crippen molar-refractivity contribution in [1.82, 2.24) is 25.0 Å². The molecule has 0 bridgehead atoms. The summed E-state index contributed by atoms with van der Waals surface area (Å²) in [5.74, 6) is -1.99. The highest BCUT2D eigenvalue weighted by atomic mass is 19.3. The third-order valence-electron chi connectivity index (χ3n) is 4.30. The van der Waals surface area contributed by atoms with Gasteiger partial charge in [0.25, 0.3) is 5.91 Å². The number of amides is 2. The van der Waals surface area contributed by atoms with Gasteiger partial charge in [0.05, 0.1) is 24.2 Å². The Kier molecular flexibility index (Phi) is 5.09. The zero-order valence-electron chi connectivity index (χ0n) is 15.3. The summed E-state index contributed by atoms with van der Waals surface area (Å²) >= 11 is 0. The Hall–Kier alpha value is -3.89. The normalized spacial score (nSPS) is 13.6. The number of pyridine rings is 1. The van der Waals surface area contributed by atoms with Gasteiger partial charge >= 0.3 is 6.61 Å². The molecule has 3 heterocycles. The van der Waals surface area contributed by atoms with E-state index in [0.29, 0.717) is 5.69 Å². The molecule has 0 unspecified atom stereocenters. The quantitative estimate of drug-likeness (QED) is 0.688. The number of ether oxygens (including phenoxy) is 1. The largest absolute Gasteiger partial charge is 0.435 e. The van der Waals surface area contributed by atoms with E-state index in [1.54, 1.807) is 12.1 Å². The number of carbonyl (C=O) groups is 2. The van der Waals surface area contributed by atoms with Gasteiger partial charge in [0.2, 0.25) is 5.91 Å². The average molecular weight is 417 g/mol. The Balaban J connectivity index is 1.80. The first-order chi connectivity index (χ1) is 14.4. The fraction of sp³-hybridized carbons (Fsp3) is 0.158. The Morgan fingerprint density at radius 3 is 2.73 bits per heavy atom. The van der Waals surface area contributed by atoms with Crippen LogP contribution >= 0.6 is 0 Å². The highest BCUT2D eigenvalue weighted by molar-refractivity contribution is 5.97. The predicted octanol–water partition coefficient (Wildman–Crippen LogP) is 2.20. The van der Waals surface area contributed by atoms with E-state index < -0.39 is 18.3 Å². The first-order valence-electron chi connectivity index (χ1n) is 8.73. The van der Waals surface area contributed by atoms with Crippen LogP contribution in [0.4, 0.5) is 13.2 Å². The lowest BCUT2D eigenvalue weighted by Gasteiger charge is -2.10. The zero-order valence-corrected chi connectivity index (χ0v) is 15.3. The Labute approximate surface area is 167 Å².